The quantitative estimate of drug-likeness (QED) is 0.232. The fourth-order valence-electron chi connectivity index (χ4n) is 6.17. The third-order valence-corrected chi connectivity index (χ3v) is 9.83. The zero-order chi connectivity index (χ0) is 35.7. The Balaban J connectivity index is 1.65. The molecule has 0 aromatic heterocycles. The maximum atomic E-state index is 13.9. The van der Waals surface area contributed by atoms with E-state index in [0.29, 0.717) is 29.2 Å². The van der Waals surface area contributed by atoms with Crippen molar-refractivity contribution in [1.29, 1.82) is 0 Å². The molecular formula is C38H49ClN2O8. The molecule has 1 saturated heterocycles. The Kier molecular flexibility index (Phi) is 13.3. The highest BCUT2D eigenvalue weighted by Crippen LogP contribution is 2.45. The van der Waals surface area contributed by atoms with Gasteiger partial charge in [-0.2, -0.15) is 0 Å². The smallest absolute Gasteiger partial charge is 0.347 e. The van der Waals surface area contributed by atoms with Crippen LogP contribution in [0.5, 0.6) is 5.75 Å². The number of hydrogen-bond acceptors (Lipinski definition) is 8. The number of epoxide rings is 1. The second kappa shape index (κ2) is 17.2. The molecule has 2 amide bonds. The number of ether oxygens (including phenoxy) is 4. The van der Waals surface area contributed by atoms with Crippen LogP contribution in [0.1, 0.15) is 77.5 Å². The molecule has 266 valence electrons. The number of methoxy groups -OCH3 is 1. The lowest BCUT2D eigenvalue weighted by atomic mass is 9.82. The summed E-state index contributed by atoms with van der Waals surface area (Å²) in [5.41, 5.74) is 0.617. The minimum absolute atomic E-state index is 0.0224. The van der Waals surface area contributed by atoms with Crippen LogP contribution in [0.25, 0.3) is 0 Å². The molecule has 0 aliphatic carbocycles. The van der Waals surface area contributed by atoms with Crippen molar-refractivity contribution in [3.05, 3.63) is 76.8 Å². The zero-order valence-corrected chi connectivity index (χ0v) is 30.0. The molecule has 2 aliphatic rings. The third-order valence-electron chi connectivity index (χ3n) is 9.54. The average Bonchev–Trinajstić information content (AvgIpc) is 3.88. The van der Waals surface area contributed by atoms with Gasteiger partial charge in [0.1, 0.15) is 24.0 Å². The van der Waals surface area contributed by atoms with Gasteiger partial charge in [-0.05, 0) is 54.5 Å². The Labute approximate surface area is 294 Å². The molecule has 2 heterocycles. The molecule has 0 saturated carbocycles. The van der Waals surface area contributed by atoms with Crippen molar-refractivity contribution >= 4 is 35.4 Å². The molecular weight excluding hydrogens is 648 g/mol. The van der Waals surface area contributed by atoms with Crippen molar-refractivity contribution in [2.24, 2.45) is 17.3 Å². The number of carbonyl (C=O) groups excluding carboxylic acids is 4. The number of carbonyl (C=O) groups is 4. The minimum atomic E-state index is -1.15. The summed E-state index contributed by atoms with van der Waals surface area (Å²) in [6, 6.07) is 14.0. The van der Waals surface area contributed by atoms with Gasteiger partial charge >= 0.3 is 11.9 Å². The Morgan fingerprint density at radius 2 is 1.71 bits per heavy atom. The maximum absolute atomic E-state index is 13.9. The van der Waals surface area contributed by atoms with Crippen LogP contribution in [0.3, 0.4) is 0 Å². The van der Waals surface area contributed by atoms with Crippen molar-refractivity contribution in [2.45, 2.75) is 97.2 Å². The first-order valence-corrected chi connectivity index (χ1v) is 17.5. The first kappa shape index (κ1) is 37.9. The van der Waals surface area contributed by atoms with E-state index in [1.165, 1.54) is 13.2 Å². The lowest BCUT2D eigenvalue weighted by Crippen LogP contribution is -2.52. The average molecular weight is 697 g/mol. The Bertz CT molecular complexity index is 1490. The summed E-state index contributed by atoms with van der Waals surface area (Å²) in [5.74, 6) is -1.94. The number of nitrogens with one attached hydrogen (secondary N) is 2. The van der Waals surface area contributed by atoms with Crippen molar-refractivity contribution in [1.82, 2.24) is 10.6 Å². The highest BCUT2D eigenvalue weighted by Gasteiger charge is 2.48. The van der Waals surface area contributed by atoms with E-state index in [-0.39, 0.29) is 49.9 Å². The molecule has 0 unspecified atom stereocenters. The van der Waals surface area contributed by atoms with E-state index in [1.807, 2.05) is 65.0 Å². The first-order chi connectivity index (χ1) is 23.4. The second-order valence-corrected chi connectivity index (χ2v) is 13.8. The van der Waals surface area contributed by atoms with E-state index in [4.69, 9.17) is 30.5 Å². The predicted molar refractivity (Wildman–Crippen MR) is 186 cm³/mol. The molecule has 2 aromatic rings. The maximum Gasteiger partial charge on any atom is 0.347 e. The van der Waals surface area contributed by atoms with E-state index in [0.717, 1.165) is 5.56 Å². The molecule has 2 N–H and O–H groups in total. The Morgan fingerprint density at radius 1 is 1.00 bits per heavy atom. The van der Waals surface area contributed by atoms with Crippen LogP contribution in [0, 0.1) is 17.3 Å². The van der Waals surface area contributed by atoms with Crippen molar-refractivity contribution in [3.8, 4) is 5.75 Å². The number of halogens is 1. The summed E-state index contributed by atoms with van der Waals surface area (Å²) in [6.07, 6.45) is 2.07. The van der Waals surface area contributed by atoms with Gasteiger partial charge in [-0.15, -0.1) is 0 Å². The Hall–Kier alpha value is -3.89. The molecule has 0 spiro atoms. The van der Waals surface area contributed by atoms with E-state index >= 15 is 0 Å². The van der Waals surface area contributed by atoms with Crippen molar-refractivity contribution in [3.63, 3.8) is 0 Å². The van der Waals surface area contributed by atoms with E-state index in [1.54, 1.807) is 24.3 Å². The van der Waals surface area contributed by atoms with Crippen LogP contribution in [-0.2, 0) is 39.8 Å². The molecule has 6 atom stereocenters. The molecule has 2 aromatic carbocycles. The Morgan fingerprint density at radius 3 is 2.35 bits per heavy atom. The lowest BCUT2D eigenvalue weighted by Gasteiger charge is -2.33. The fraction of sp³-hybridized carbons (Fsp3) is 0.526. The number of amides is 2. The standard InChI is InChI=1S/C38H49ClN2O8/c1-7-38(8-2)22-40-35(43)28(21-25-17-18-30(46-6)27(39)20-25)41-32(42)16-12-15-29(47-36(44)31(19-23(3)4)48-37(38)45)24(5)33-34(49-33)26-13-10-9-11-14-26/h9-14,16-18,20,23-24,28-29,31,33-34H,7-8,15,19,21-22H2,1-6H3,(H,40,43)(H,41,42)/b16-12+/t24-,28+,29-,31-,33+,34+/m0/s1. The molecule has 49 heavy (non-hydrogen) atoms. The zero-order valence-electron chi connectivity index (χ0n) is 29.2. The minimum Gasteiger partial charge on any atom is -0.495 e. The first-order valence-electron chi connectivity index (χ1n) is 17.1. The highest BCUT2D eigenvalue weighted by atomic mass is 35.5. The van der Waals surface area contributed by atoms with Gasteiger partial charge in [0.2, 0.25) is 11.8 Å². The third kappa shape index (κ3) is 9.85. The summed E-state index contributed by atoms with van der Waals surface area (Å²) in [5, 5.41) is 6.05. The van der Waals surface area contributed by atoms with Gasteiger partial charge in [-0.3, -0.25) is 14.4 Å². The van der Waals surface area contributed by atoms with Crippen LogP contribution in [0.2, 0.25) is 5.02 Å². The highest BCUT2D eigenvalue weighted by molar-refractivity contribution is 6.32. The fourth-order valence-corrected chi connectivity index (χ4v) is 6.45. The van der Waals surface area contributed by atoms with Crippen molar-refractivity contribution in [2.75, 3.05) is 13.7 Å². The van der Waals surface area contributed by atoms with Crippen LogP contribution in [0.15, 0.2) is 60.7 Å². The van der Waals surface area contributed by atoms with Gasteiger partial charge in [-0.25, -0.2) is 4.79 Å². The van der Waals surface area contributed by atoms with Crippen LogP contribution in [0.4, 0.5) is 0 Å². The molecule has 0 radical (unpaired) electrons. The van der Waals surface area contributed by atoms with Gasteiger partial charge < -0.3 is 29.6 Å². The van der Waals surface area contributed by atoms with E-state index < -0.39 is 47.4 Å². The van der Waals surface area contributed by atoms with Gasteiger partial charge in [0, 0.05) is 25.3 Å². The van der Waals surface area contributed by atoms with Gasteiger partial charge in [-0.1, -0.05) is 88.7 Å². The molecule has 1 fully saturated rings. The molecule has 4 rings (SSSR count). The largest absolute Gasteiger partial charge is 0.495 e. The summed E-state index contributed by atoms with van der Waals surface area (Å²) in [4.78, 5) is 54.6. The van der Waals surface area contributed by atoms with Gasteiger partial charge in [0.05, 0.1) is 23.7 Å². The molecule has 10 nitrogen and oxygen atoms in total. The van der Waals surface area contributed by atoms with Crippen LogP contribution >= 0.6 is 11.6 Å². The molecule has 11 heteroatoms. The topological polar surface area (TPSA) is 133 Å². The van der Waals surface area contributed by atoms with Crippen LogP contribution < -0.4 is 15.4 Å². The predicted octanol–water partition coefficient (Wildman–Crippen LogP) is 5.90. The summed E-state index contributed by atoms with van der Waals surface area (Å²) < 4.78 is 23.4. The van der Waals surface area contributed by atoms with E-state index in [9.17, 15) is 19.2 Å². The van der Waals surface area contributed by atoms with E-state index in [2.05, 4.69) is 10.6 Å². The van der Waals surface area contributed by atoms with Gasteiger partial charge in [0.15, 0.2) is 6.10 Å². The number of esters is 2. The molecule has 2 aliphatic heterocycles. The second-order valence-electron chi connectivity index (χ2n) is 13.4. The number of cyclic esters (lactones) is 2. The summed E-state index contributed by atoms with van der Waals surface area (Å²) in [7, 11) is 1.51. The van der Waals surface area contributed by atoms with Crippen molar-refractivity contribution < 1.29 is 38.1 Å². The lowest BCUT2D eigenvalue weighted by molar-refractivity contribution is -0.180. The monoisotopic (exact) mass is 696 g/mol. The van der Waals surface area contributed by atoms with Crippen LogP contribution in [-0.4, -0.2) is 61.8 Å². The normalized spacial score (nSPS) is 26.2. The number of hydrogen-bond donors (Lipinski definition) is 2. The van der Waals surface area contributed by atoms with Gasteiger partial charge in [0.25, 0.3) is 0 Å². The SMILES string of the molecule is CCC1(CC)CNC(=O)[C@@H](Cc2ccc(OC)c(Cl)c2)NC(=O)/C=C/C[C@@H]([C@H](C)[C@H]2O[C@@H]2c2ccccc2)OC(=O)[C@H](CC(C)C)OC1=O. The number of rotatable bonds is 10. The summed E-state index contributed by atoms with van der Waals surface area (Å²) in [6.45, 7) is 9.45. The molecule has 0 bridgehead atoms. The number of benzene rings is 2. The summed E-state index contributed by atoms with van der Waals surface area (Å²) >= 11 is 6.35.